The number of benzene rings is 2. The minimum Gasteiger partial charge on any atom is -0.300 e. The first-order valence-electron chi connectivity index (χ1n) is 7.95. The number of hydrogen-bond donors (Lipinski definition) is 0. The van der Waals surface area contributed by atoms with Gasteiger partial charge in [0.05, 0.1) is 0 Å². The maximum atomic E-state index is 11.3. The Morgan fingerprint density at radius 1 is 1.00 bits per heavy atom. The predicted octanol–water partition coefficient (Wildman–Crippen LogP) is 4.89. The van der Waals surface area contributed by atoms with Crippen LogP contribution in [0.15, 0.2) is 65.2 Å². The Balaban J connectivity index is 2.32. The maximum absolute atomic E-state index is 11.3. The number of hydrogen-bond acceptors (Lipinski definition) is 2. The zero-order chi connectivity index (χ0) is 16.7. The molecule has 0 aliphatic carbocycles. The van der Waals surface area contributed by atoms with Crippen LogP contribution in [0.3, 0.4) is 0 Å². The van der Waals surface area contributed by atoms with Crippen LogP contribution < -0.4 is 5.19 Å². The average molecular weight is 341 g/mol. The largest absolute Gasteiger partial charge is 0.300 e. The molecule has 2 aromatic carbocycles. The Kier molecular flexibility index (Phi) is 6.43. The molecule has 23 heavy (non-hydrogen) atoms. The third-order valence-electron chi connectivity index (χ3n) is 3.92. The van der Waals surface area contributed by atoms with Crippen molar-refractivity contribution in [1.82, 2.24) is 0 Å². The zero-order valence-electron chi connectivity index (χ0n) is 14.1. The van der Waals surface area contributed by atoms with Crippen LogP contribution >= 0.6 is 11.8 Å². The molecule has 0 aliphatic rings. The van der Waals surface area contributed by atoms with Gasteiger partial charge in [0.25, 0.3) is 0 Å². The summed E-state index contributed by atoms with van der Waals surface area (Å²) in [6, 6.07) is 21.2. The first-order chi connectivity index (χ1) is 11.0. The van der Waals surface area contributed by atoms with Crippen molar-refractivity contribution in [3.05, 3.63) is 70.8 Å². The molecule has 0 heterocycles. The van der Waals surface area contributed by atoms with E-state index in [1.165, 1.54) is 15.3 Å². The number of ketones is 1. The molecular weight excluding hydrogens is 316 g/mol. The Labute approximate surface area is 144 Å². The minimum atomic E-state index is -1.75. The number of rotatable bonds is 7. The van der Waals surface area contributed by atoms with Crippen LogP contribution in [0.25, 0.3) is 6.08 Å². The molecule has 0 bridgehead atoms. The number of Topliss-reactive ketones (excluding diaryl/α,β-unsaturated/α-hetero) is 1. The van der Waals surface area contributed by atoms with Gasteiger partial charge in [-0.25, -0.2) is 0 Å². The fourth-order valence-electron chi connectivity index (χ4n) is 2.40. The molecule has 0 unspecified atom stereocenters. The van der Waals surface area contributed by atoms with Crippen molar-refractivity contribution in [2.75, 3.05) is 5.75 Å². The van der Waals surface area contributed by atoms with Crippen LogP contribution in [0.4, 0.5) is 0 Å². The summed E-state index contributed by atoms with van der Waals surface area (Å²) in [5, 5.41) is 1.43. The topological polar surface area (TPSA) is 17.1 Å². The number of carbonyl (C=O) groups is 1. The van der Waals surface area contributed by atoms with Crippen LogP contribution in [-0.2, 0) is 4.79 Å². The van der Waals surface area contributed by atoms with E-state index in [0.29, 0.717) is 6.42 Å². The lowest BCUT2D eigenvalue weighted by Gasteiger charge is -2.26. The summed E-state index contributed by atoms with van der Waals surface area (Å²) in [7, 11) is -1.75. The lowest BCUT2D eigenvalue weighted by Crippen LogP contribution is -2.42. The molecule has 2 aromatic rings. The quantitative estimate of drug-likeness (QED) is 0.667. The first-order valence-corrected chi connectivity index (χ1v) is 11.9. The molecule has 0 spiro atoms. The van der Waals surface area contributed by atoms with E-state index in [0.717, 1.165) is 5.75 Å². The highest BCUT2D eigenvalue weighted by Crippen LogP contribution is 2.29. The van der Waals surface area contributed by atoms with Crippen LogP contribution in [0.2, 0.25) is 13.1 Å². The summed E-state index contributed by atoms with van der Waals surface area (Å²) in [5.41, 5.74) is 1.23. The second kappa shape index (κ2) is 8.32. The normalized spacial score (nSPS) is 12.2. The molecule has 0 aliphatic heterocycles. The average Bonchev–Trinajstić information content (AvgIpc) is 2.55. The SMILES string of the molecule is CC(=O)CCS/C(=C\c1ccccc1)[Si](C)(C)c1ccccc1. The molecule has 0 fully saturated rings. The van der Waals surface area contributed by atoms with E-state index in [2.05, 4.69) is 73.8 Å². The molecule has 0 saturated heterocycles. The van der Waals surface area contributed by atoms with E-state index in [1.807, 2.05) is 17.8 Å². The monoisotopic (exact) mass is 340 g/mol. The van der Waals surface area contributed by atoms with Crippen molar-refractivity contribution in [3.63, 3.8) is 0 Å². The first kappa shape index (κ1) is 17.8. The standard InChI is InChI=1S/C20H24OSSi/c1-17(21)14-15-22-20(16-18-10-6-4-7-11-18)23(2,3)19-12-8-5-9-13-19/h4-13,16H,14-15H2,1-3H3/b20-16+. The van der Waals surface area contributed by atoms with Crippen LogP contribution in [-0.4, -0.2) is 19.6 Å². The van der Waals surface area contributed by atoms with Gasteiger partial charge in [-0.05, 0) is 23.1 Å². The molecule has 0 radical (unpaired) electrons. The molecule has 2 rings (SSSR count). The molecule has 0 aromatic heterocycles. The van der Waals surface area contributed by atoms with Crippen LogP contribution in [0.5, 0.6) is 0 Å². The van der Waals surface area contributed by atoms with E-state index < -0.39 is 8.07 Å². The summed E-state index contributed by atoms with van der Waals surface area (Å²) >= 11 is 1.85. The van der Waals surface area contributed by atoms with E-state index in [9.17, 15) is 4.79 Å². The fourth-order valence-corrected chi connectivity index (χ4v) is 7.17. The Morgan fingerprint density at radius 2 is 1.57 bits per heavy atom. The molecule has 0 N–H and O–H groups in total. The highest BCUT2D eigenvalue weighted by atomic mass is 32.2. The summed E-state index contributed by atoms with van der Waals surface area (Å²) in [6.07, 6.45) is 2.94. The van der Waals surface area contributed by atoms with Gasteiger partial charge in [0.15, 0.2) is 0 Å². The molecule has 0 amide bonds. The maximum Gasteiger partial charge on any atom is 0.130 e. The molecule has 120 valence electrons. The van der Waals surface area contributed by atoms with E-state index in [4.69, 9.17) is 0 Å². The smallest absolute Gasteiger partial charge is 0.130 e. The van der Waals surface area contributed by atoms with Gasteiger partial charge in [-0.15, -0.1) is 11.8 Å². The van der Waals surface area contributed by atoms with Gasteiger partial charge in [0, 0.05) is 12.2 Å². The fraction of sp³-hybridized carbons (Fsp3) is 0.250. The minimum absolute atomic E-state index is 0.260. The van der Waals surface area contributed by atoms with Gasteiger partial charge in [0.2, 0.25) is 0 Å². The molecule has 0 saturated carbocycles. The summed E-state index contributed by atoms with van der Waals surface area (Å²) in [6.45, 7) is 6.44. The van der Waals surface area contributed by atoms with Gasteiger partial charge >= 0.3 is 0 Å². The van der Waals surface area contributed by atoms with Crippen molar-refractivity contribution < 1.29 is 4.79 Å². The van der Waals surface area contributed by atoms with Crippen molar-refractivity contribution in [2.24, 2.45) is 0 Å². The van der Waals surface area contributed by atoms with Crippen molar-refractivity contribution in [2.45, 2.75) is 26.4 Å². The Bertz CT molecular complexity index is 663. The van der Waals surface area contributed by atoms with E-state index >= 15 is 0 Å². The second-order valence-corrected chi connectivity index (χ2v) is 12.1. The zero-order valence-corrected chi connectivity index (χ0v) is 15.9. The molecular formula is C20H24OSSi. The van der Waals surface area contributed by atoms with Crippen LogP contribution in [0.1, 0.15) is 18.9 Å². The van der Waals surface area contributed by atoms with Crippen molar-refractivity contribution >= 4 is 36.9 Å². The number of carbonyl (C=O) groups excluding carboxylic acids is 1. The molecule has 1 nitrogen and oxygen atoms in total. The van der Waals surface area contributed by atoms with E-state index in [1.54, 1.807) is 6.92 Å². The third kappa shape index (κ3) is 5.22. The summed E-state index contributed by atoms with van der Waals surface area (Å²) in [5.74, 6) is 1.12. The predicted molar refractivity (Wildman–Crippen MR) is 106 cm³/mol. The Hall–Kier alpha value is -1.58. The lowest BCUT2D eigenvalue weighted by molar-refractivity contribution is -0.116. The van der Waals surface area contributed by atoms with Crippen LogP contribution in [0, 0.1) is 0 Å². The van der Waals surface area contributed by atoms with Gasteiger partial charge in [-0.3, -0.25) is 4.79 Å². The van der Waals surface area contributed by atoms with Gasteiger partial charge in [-0.1, -0.05) is 78.9 Å². The highest BCUT2D eigenvalue weighted by Gasteiger charge is 2.28. The summed E-state index contributed by atoms with van der Waals surface area (Å²) in [4.78, 5) is 11.3. The number of thioether (sulfide) groups is 1. The lowest BCUT2D eigenvalue weighted by atomic mass is 10.2. The van der Waals surface area contributed by atoms with Gasteiger partial charge in [-0.2, -0.15) is 0 Å². The van der Waals surface area contributed by atoms with E-state index in [-0.39, 0.29) is 5.78 Å². The van der Waals surface area contributed by atoms with Crippen molar-refractivity contribution in [1.29, 1.82) is 0 Å². The molecule has 0 atom stereocenters. The second-order valence-electron chi connectivity index (χ2n) is 6.21. The van der Waals surface area contributed by atoms with Gasteiger partial charge < -0.3 is 0 Å². The van der Waals surface area contributed by atoms with Crippen molar-refractivity contribution in [3.8, 4) is 0 Å². The molecule has 3 heteroatoms. The van der Waals surface area contributed by atoms with Gasteiger partial charge in [0.1, 0.15) is 13.9 Å². The Morgan fingerprint density at radius 3 is 2.13 bits per heavy atom. The third-order valence-corrected chi connectivity index (χ3v) is 9.87. The summed E-state index contributed by atoms with van der Waals surface area (Å²) < 4.78 is 1.43. The highest BCUT2D eigenvalue weighted by molar-refractivity contribution is 8.05.